The Labute approximate surface area is 179 Å². The summed E-state index contributed by atoms with van der Waals surface area (Å²) in [5, 5.41) is 13.0. The van der Waals surface area contributed by atoms with Gasteiger partial charge in [-0.25, -0.2) is 14.2 Å². The van der Waals surface area contributed by atoms with Crippen LogP contribution in [0.5, 0.6) is 5.75 Å². The summed E-state index contributed by atoms with van der Waals surface area (Å²) >= 11 is -0.269. The number of hydrogen-bond acceptors (Lipinski definition) is 6. The summed E-state index contributed by atoms with van der Waals surface area (Å²) < 4.78 is 20.3. The van der Waals surface area contributed by atoms with Crippen LogP contribution in [0, 0.1) is 0 Å². The van der Waals surface area contributed by atoms with E-state index in [-0.39, 0.29) is 5.75 Å². The number of aryl methyl sites for hydroxylation is 2. The van der Waals surface area contributed by atoms with Gasteiger partial charge < -0.3 is 15.0 Å². The van der Waals surface area contributed by atoms with Gasteiger partial charge in [-0.1, -0.05) is 12.1 Å². The summed E-state index contributed by atoms with van der Waals surface area (Å²) in [6.45, 7) is 0. The van der Waals surface area contributed by atoms with Crippen LogP contribution in [0.3, 0.4) is 0 Å². The van der Waals surface area contributed by atoms with Gasteiger partial charge in [0.15, 0.2) is 11.1 Å². The number of nitrogens with zero attached hydrogens (tertiary/aromatic N) is 2. The predicted octanol–water partition coefficient (Wildman–Crippen LogP) is 5.00. The van der Waals surface area contributed by atoms with E-state index < -0.39 is 11.1 Å². The number of aromatic hydroxyl groups is 1. The SMILES string of the molecule is O=S(O)c1ccc(Nc2ncc3c(n2)-c2cc(-c4cccc(O)c4)sc2CC3)cc1. The van der Waals surface area contributed by atoms with Crippen LogP contribution < -0.4 is 5.32 Å². The van der Waals surface area contributed by atoms with Gasteiger partial charge in [0.2, 0.25) is 5.95 Å². The molecule has 150 valence electrons. The molecule has 0 aliphatic heterocycles. The van der Waals surface area contributed by atoms with Crippen molar-refractivity contribution in [3.63, 3.8) is 0 Å². The molecule has 0 saturated carbocycles. The van der Waals surface area contributed by atoms with Gasteiger partial charge >= 0.3 is 0 Å². The van der Waals surface area contributed by atoms with E-state index >= 15 is 0 Å². The monoisotopic (exact) mass is 435 g/mol. The average molecular weight is 436 g/mol. The Kier molecular flexibility index (Phi) is 4.82. The Bertz CT molecular complexity index is 1270. The van der Waals surface area contributed by atoms with Crippen molar-refractivity contribution in [3.05, 3.63) is 71.2 Å². The molecule has 2 aromatic heterocycles. The highest BCUT2D eigenvalue weighted by Crippen LogP contribution is 2.42. The molecular formula is C22H17N3O3S2. The third kappa shape index (κ3) is 3.60. The minimum atomic E-state index is -2.00. The zero-order valence-electron chi connectivity index (χ0n) is 15.7. The lowest BCUT2D eigenvalue weighted by molar-refractivity contribution is 0.475. The van der Waals surface area contributed by atoms with Crippen LogP contribution in [0.15, 0.2) is 65.7 Å². The van der Waals surface area contributed by atoms with Crippen LogP contribution in [-0.4, -0.2) is 23.8 Å². The molecule has 0 bridgehead atoms. The van der Waals surface area contributed by atoms with Crippen LogP contribution in [0.25, 0.3) is 21.7 Å². The number of benzene rings is 2. The maximum atomic E-state index is 11.1. The Morgan fingerprint density at radius 2 is 1.90 bits per heavy atom. The van der Waals surface area contributed by atoms with Gasteiger partial charge in [-0.3, -0.25) is 0 Å². The normalized spacial score (nSPS) is 13.4. The van der Waals surface area contributed by atoms with Gasteiger partial charge in [-0.2, -0.15) is 0 Å². The van der Waals surface area contributed by atoms with Crippen molar-refractivity contribution in [2.45, 2.75) is 17.7 Å². The smallest absolute Gasteiger partial charge is 0.227 e. The molecule has 0 radical (unpaired) electrons. The fourth-order valence-corrected chi connectivity index (χ4v) is 5.06. The summed E-state index contributed by atoms with van der Waals surface area (Å²) in [6, 6.07) is 16.0. The molecule has 0 amide bonds. The first kappa shape index (κ1) is 18.9. The summed E-state index contributed by atoms with van der Waals surface area (Å²) in [4.78, 5) is 11.9. The molecule has 6 nitrogen and oxygen atoms in total. The first-order valence-corrected chi connectivity index (χ1v) is 11.3. The van der Waals surface area contributed by atoms with E-state index in [9.17, 15) is 9.32 Å². The molecule has 2 aromatic carbocycles. The fraction of sp³-hybridized carbons (Fsp3) is 0.0909. The topological polar surface area (TPSA) is 95.3 Å². The minimum absolute atomic E-state index is 0.254. The number of rotatable bonds is 4. The maximum absolute atomic E-state index is 11.1. The van der Waals surface area contributed by atoms with Crippen LogP contribution in [0.4, 0.5) is 11.6 Å². The van der Waals surface area contributed by atoms with Crippen molar-refractivity contribution in [2.75, 3.05) is 5.32 Å². The zero-order chi connectivity index (χ0) is 20.7. The number of hydrogen-bond donors (Lipinski definition) is 3. The molecule has 5 rings (SSSR count). The van der Waals surface area contributed by atoms with Crippen LogP contribution >= 0.6 is 11.3 Å². The molecule has 0 spiro atoms. The van der Waals surface area contributed by atoms with Gasteiger partial charge in [-0.05, 0) is 66.4 Å². The summed E-state index contributed by atoms with van der Waals surface area (Å²) in [6.07, 6.45) is 3.69. The van der Waals surface area contributed by atoms with Gasteiger partial charge in [-0.15, -0.1) is 11.3 Å². The molecule has 1 aliphatic carbocycles. The summed E-state index contributed by atoms with van der Waals surface area (Å²) in [5.74, 6) is 0.730. The van der Waals surface area contributed by atoms with E-state index in [4.69, 9.17) is 9.54 Å². The minimum Gasteiger partial charge on any atom is -0.508 e. The second kappa shape index (κ2) is 7.64. The Balaban J connectivity index is 1.48. The lowest BCUT2D eigenvalue weighted by Crippen LogP contribution is -2.06. The Hall–Kier alpha value is -3.07. The molecule has 3 N–H and O–H groups in total. The molecule has 8 heteroatoms. The van der Waals surface area contributed by atoms with Crippen LogP contribution in [0.2, 0.25) is 0 Å². The summed E-state index contributed by atoms with van der Waals surface area (Å²) in [7, 11) is 0. The van der Waals surface area contributed by atoms with E-state index in [2.05, 4.69) is 16.4 Å². The van der Waals surface area contributed by atoms with Crippen molar-refractivity contribution in [1.82, 2.24) is 9.97 Å². The van der Waals surface area contributed by atoms with E-state index in [1.54, 1.807) is 47.7 Å². The van der Waals surface area contributed by atoms with Gasteiger partial charge in [0, 0.05) is 27.2 Å². The Morgan fingerprint density at radius 1 is 1.07 bits per heavy atom. The lowest BCUT2D eigenvalue weighted by atomic mass is 9.96. The average Bonchev–Trinajstić information content (AvgIpc) is 3.19. The van der Waals surface area contributed by atoms with Crippen molar-refractivity contribution in [3.8, 4) is 27.4 Å². The van der Waals surface area contributed by atoms with Gasteiger partial charge in [0.05, 0.1) is 10.6 Å². The largest absolute Gasteiger partial charge is 0.508 e. The number of phenolic OH excluding ortho intramolecular Hbond substituents is 1. The quantitative estimate of drug-likeness (QED) is 0.391. The second-order valence-electron chi connectivity index (χ2n) is 6.96. The maximum Gasteiger partial charge on any atom is 0.227 e. The van der Waals surface area contributed by atoms with E-state index in [0.717, 1.165) is 45.8 Å². The standard InChI is InChI=1S/C22H17N3O3S2/c26-16-3-1-2-13(10-16)20-11-18-19(29-20)9-4-14-12-23-22(25-21(14)18)24-15-5-7-17(8-6-15)30(27)28/h1-3,5-8,10-12,26H,4,9H2,(H,27,28)(H,23,24,25). The molecule has 1 unspecified atom stereocenters. The van der Waals surface area contributed by atoms with Crippen molar-refractivity contribution < 1.29 is 13.9 Å². The number of nitrogens with one attached hydrogen (secondary N) is 1. The predicted molar refractivity (Wildman–Crippen MR) is 119 cm³/mol. The molecule has 2 heterocycles. The first-order valence-electron chi connectivity index (χ1n) is 9.33. The number of thiophene rings is 1. The molecular weight excluding hydrogens is 418 g/mol. The zero-order valence-corrected chi connectivity index (χ0v) is 17.3. The fourth-order valence-electron chi connectivity index (χ4n) is 3.53. The Morgan fingerprint density at radius 3 is 2.67 bits per heavy atom. The molecule has 1 atom stereocenters. The number of phenols is 1. The van der Waals surface area contributed by atoms with E-state index in [1.807, 2.05) is 18.3 Å². The van der Waals surface area contributed by atoms with E-state index in [1.165, 1.54) is 4.88 Å². The highest BCUT2D eigenvalue weighted by molar-refractivity contribution is 7.79. The van der Waals surface area contributed by atoms with Crippen LogP contribution in [-0.2, 0) is 23.9 Å². The van der Waals surface area contributed by atoms with Gasteiger partial charge in [0.1, 0.15) is 5.75 Å². The number of aromatic nitrogens is 2. The molecule has 30 heavy (non-hydrogen) atoms. The summed E-state index contributed by atoms with van der Waals surface area (Å²) in [5.41, 5.74) is 4.87. The number of anilines is 2. The third-order valence-corrected chi connectivity index (χ3v) is 6.91. The van der Waals surface area contributed by atoms with Crippen molar-refractivity contribution >= 4 is 34.1 Å². The van der Waals surface area contributed by atoms with E-state index in [0.29, 0.717) is 10.8 Å². The molecule has 0 saturated heterocycles. The van der Waals surface area contributed by atoms with Gasteiger partial charge in [0.25, 0.3) is 0 Å². The van der Waals surface area contributed by atoms with Crippen molar-refractivity contribution in [2.24, 2.45) is 0 Å². The highest BCUT2D eigenvalue weighted by Gasteiger charge is 2.22. The van der Waals surface area contributed by atoms with Crippen molar-refractivity contribution in [1.29, 1.82) is 0 Å². The number of fused-ring (bicyclic) bond motifs is 3. The molecule has 1 aliphatic rings. The van der Waals surface area contributed by atoms with Crippen LogP contribution in [0.1, 0.15) is 10.4 Å². The third-order valence-electron chi connectivity index (χ3n) is 4.99. The molecule has 4 aromatic rings. The lowest BCUT2D eigenvalue weighted by Gasteiger charge is -2.16. The second-order valence-corrected chi connectivity index (χ2v) is 9.07. The molecule has 0 fully saturated rings. The highest BCUT2D eigenvalue weighted by atomic mass is 32.2. The first-order chi connectivity index (χ1) is 14.6.